The minimum atomic E-state index is 0.215. The minimum absolute atomic E-state index is 0.215. The van der Waals surface area contributed by atoms with Gasteiger partial charge in [-0.15, -0.1) is 0 Å². The maximum Gasteiger partial charge on any atom is 0.152 e. The Balaban J connectivity index is 2.00. The molecule has 0 aliphatic heterocycles. The van der Waals surface area contributed by atoms with Crippen molar-refractivity contribution in [2.24, 2.45) is 5.73 Å². The molecule has 0 amide bonds. The molecule has 2 unspecified atom stereocenters. The van der Waals surface area contributed by atoms with Crippen molar-refractivity contribution in [2.75, 3.05) is 0 Å². The Morgan fingerprint density at radius 2 is 2.00 bits per heavy atom. The molecule has 1 aromatic carbocycles. The first-order chi connectivity index (χ1) is 8.75. The number of para-hydroxylation sites is 1. The van der Waals surface area contributed by atoms with Crippen LogP contribution in [0, 0.1) is 0 Å². The molecule has 1 saturated carbocycles. The number of hydrogen-bond acceptors (Lipinski definition) is 2. The van der Waals surface area contributed by atoms with E-state index in [4.69, 9.17) is 21.8 Å². The van der Waals surface area contributed by atoms with E-state index < -0.39 is 0 Å². The Bertz CT molecular complexity index is 548. The topological polar surface area (TPSA) is 39.2 Å². The summed E-state index contributed by atoms with van der Waals surface area (Å²) in [5.41, 5.74) is 7.07. The van der Waals surface area contributed by atoms with E-state index in [1.165, 1.54) is 19.3 Å². The highest BCUT2D eigenvalue weighted by Gasteiger charge is 2.25. The zero-order valence-electron chi connectivity index (χ0n) is 10.4. The zero-order chi connectivity index (χ0) is 12.5. The fraction of sp³-hybridized carbons (Fsp3) is 0.467. The van der Waals surface area contributed by atoms with Gasteiger partial charge in [0.15, 0.2) is 5.58 Å². The number of nitrogens with two attached hydrogens (primary N) is 1. The molecule has 2 nitrogen and oxygen atoms in total. The van der Waals surface area contributed by atoms with Crippen LogP contribution in [0.5, 0.6) is 0 Å². The van der Waals surface area contributed by atoms with Crippen LogP contribution >= 0.6 is 11.6 Å². The van der Waals surface area contributed by atoms with Gasteiger partial charge in [0.25, 0.3) is 0 Å². The second-order valence-corrected chi connectivity index (χ2v) is 5.62. The molecule has 2 atom stereocenters. The normalized spacial score (nSPS) is 25.2. The van der Waals surface area contributed by atoms with Crippen LogP contribution in [0.3, 0.4) is 0 Å². The number of fused-ring (bicyclic) bond motifs is 1. The fourth-order valence-corrected chi connectivity index (χ4v) is 3.14. The van der Waals surface area contributed by atoms with Crippen LogP contribution in [-0.4, -0.2) is 6.04 Å². The Hall–Kier alpha value is -0.990. The molecule has 96 valence electrons. The van der Waals surface area contributed by atoms with Gasteiger partial charge in [0.05, 0.1) is 5.02 Å². The molecule has 1 heterocycles. The largest absolute Gasteiger partial charge is 0.459 e. The number of benzene rings is 1. The van der Waals surface area contributed by atoms with E-state index in [1.807, 2.05) is 18.2 Å². The fourth-order valence-electron chi connectivity index (χ4n) is 2.92. The molecule has 1 aliphatic carbocycles. The summed E-state index contributed by atoms with van der Waals surface area (Å²) in [7, 11) is 0. The third kappa shape index (κ3) is 2.15. The third-order valence-electron chi connectivity index (χ3n) is 3.95. The van der Waals surface area contributed by atoms with Gasteiger partial charge < -0.3 is 10.2 Å². The molecule has 3 heteroatoms. The van der Waals surface area contributed by atoms with Crippen LogP contribution in [-0.2, 0) is 0 Å². The highest BCUT2D eigenvalue weighted by Crippen LogP contribution is 2.36. The summed E-state index contributed by atoms with van der Waals surface area (Å²) in [6.45, 7) is 0. The summed E-state index contributed by atoms with van der Waals surface area (Å²) in [5, 5.41) is 1.76. The van der Waals surface area contributed by atoms with Crippen LogP contribution in [0.25, 0.3) is 11.0 Å². The SMILES string of the molecule is NC1CCCCCC1c1cc2cccc(Cl)c2o1. The van der Waals surface area contributed by atoms with Crippen LogP contribution in [0.1, 0.15) is 43.8 Å². The van der Waals surface area contributed by atoms with Crippen molar-refractivity contribution in [1.29, 1.82) is 0 Å². The summed E-state index contributed by atoms with van der Waals surface area (Å²) in [6.07, 6.45) is 5.97. The highest BCUT2D eigenvalue weighted by atomic mass is 35.5. The lowest BCUT2D eigenvalue weighted by atomic mass is 9.93. The number of hydrogen-bond donors (Lipinski definition) is 1. The van der Waals surface area contributed by atoms with Gasteiger partial charge >= 0.3 is 0 Å². The van der Waals surface area contributed by atoms with Crippen molar-refractivity contribution in [2.45, 2.75) is 44.1 Å². The van der Waals surface area contributed by atoms with Gasteiger partial charge in [-0.2, -0.15) is 0 Å². The van der Waals surface area contributed by atoms with Gasteiger partial charge in [0, 0.05) is 17.3 Å². The van der Waals surface area contributed by atoms with Gasteiger partial charge in [0.2, 0.25) is 0 Å². The summed E-state index contributed by atoms with van der Waals surface area (Å²) < 4.78 is 5.95. The summed E-state index contributed by atoms with van der Waals surface area (Å²) in [4.78, 5) is 0. The van der Waals surface area contributed by atoms with Crippen molar-refractivity contribution >= 4 is 22.6 Å². The van der Waals surface area contributed by atoms with Crippen molar-refractivity contribution in [3.8, 4) is 0 Å². The first kappa shape index (κ1) is 12.1. The Morgan fingerprint density at radius 3 is 2.83 bits per heavy atom. The Morgan fingerprint density at radius 1 is 1.17 bits per heavy atom. The van der Waals surface area contributed by atoms with Gasteiger partial charge in [-0.05, 0) is 25.0 Å². The van der Waals surface area contributed by atoms with E-state index >= 15 is 0 Å². The molecule has 1 fully saturated rings. The predicted molar refractivity (Wildman–Crippen MR) is 75.0 cm³/mol. The van der Waals surface area contributed by atoms with Gasteiger partial charge in [-0.3, -0.25) is 0 Å². The number of rotatable bonds is 1. The molecule has 2 aromatic rings. The van der Waals surface area contributed by atoms with Gasteiger partial charge in [-0.1, -0.05) is 43.0 Å². The first-order valence-electron chi connectivity index (χ1n) is 6.69. The number of furan rings is 1. The smallest absolute Gasteiger partial charge is 0.152 e. The average molecular weight is 264 g/mol. The van der Waals surface area contributed by atoms with Crippen LogP contribution in [0.15, 0.2) is 28.7 Å². The molecule has 3 rings (SSSR count). The standard InChI is InChI=1S/C15H18ClNO/c16-12-7-4-5-10-9-14(18-15(10)12)11-6-2-1-3-8-13(11)17/h4-5,7,9,11,13H,1-3,6,8,17H2. The monoisotopic (exact) mass is 263 g/mol. The maximum absolute atomic E-state index is 6.28. The second-order valence-electron chi connectivity index (χ2n) is 5.22. The van der Waals surface area contributed by atoms with E-state index in [9.17, 15) is 0 Å². The quantitative estimate of drug-likeness (QED) is 0.772. The molecule has 0 spiro atoms. The lowest BCUT2D eigenvalue weighted by molar-refractivity contribution is 0.417. The van der Waals surface area contributed by atoms with Crippen molar-refractivity contribution in [1.82, 2.24) is 0 Å². The van der Waals surface area contributed by atoms with Crippen LogP contribution < -0.4 is 5.73 Å². The Kier molecular flexibility index (Phi) is 3.31. The van der Waals surface area contributed by atoms with Crippen molar-refractivity contribution < 1.29 is 4.42 Å². The van der Waals surface area contributed by atoms with E-state index in [-0.39, 0.29) is 6.04 Å². The summed E-state index contributed by atoms with van der Waals surface area (Å²) >= 11 is 6.15. The molecular formula is C15H18ClNO. The zero-order valence-corrected chi connectivity index (χ0v) is 11.1. The average Bonchev–Trinajstić information content (AvgIpc) is 2.67. The molecule has 18 heavy (non-hydrogen) atoms. The molecule has 0 saturated heterocycles. The Labute approximate surface area is 112 Å². The molecule has 0 radical (unpaired) electrons. The van der Waals surface area contributed by atoms with Gasteiger partial charge in [0.1, 0.15) is 5.76 Å². The van der Waals surface area contributed by atoms with Crippen LogP contribution in [0.2, 0.25) is 5.02 Å². The lowest BCUT2D eigenvalue weighted by Gasteiger charge is -2.18. The van der Waals surface area contributed by atoms with Gasteiger partial charge in [-0.25, -0.2) is 0 Å². The maximum atomic E-state index is 6.28. The first-order valence-corrected chi connectivity index (χ1v) is 7.07. The van der Waals surface area contributed by atoms with Crippen LogP contribution in [0.4, 0.5) is 0 Å². The third-order valence-corrected chi connectivity index (χ3v) is 4.25. The van der Waals surface area contributed by atoms with E-state index in [0.29, 0.717) is 10.9 Å². The summed E-state index contributed by atoms with van der Waals surface area (Å²) in [6, 6.07) is 8.18. The van der Waals surface area contributed by atoms with E-state index in [1.54, 1.807) is 0 Å². The van der Waals surface area contributed by atoms with Crippen molar-refractivity contribution in [3.05, 3.63) is 35.0 Å². The summed E-state index contributed by atoms with van der Waals surface area (Å²) in [5.74, 6) is 1.35. The predicted octanol–water partition coefficient (Wildman–Crippen LogP) is 4.46. The minimum Gasteiger partial charge on any atom is -0.459 e. The van der Waals surface area contributed by atoms with E-state index in [0.717, 1.165) is 29.6 Å². The van der Waals surface area contributed by atoms with E-state index in [2.05, 4.69) is 6.07 Å². The molecule has 0 bridgehead atoms. The molecule has 1 aliphatic rings. The number of halogens is 1. The molecular weight excluding hydrogens is 246 g/mol. The lowest BCUT2D eigenvalue weighted by Crippen LogP contribution is -2.26. The highest BCUT2D eigenvalue weighted by molar-refractivity contribution is 6.34. The molecule has 2 N–H and O–H groups in total. The van der Waals surface area contributed by atoms with Crippen molar-refractivity contribution in [3.63, 3.8) is 0 Å². The molecule has 1 aromatic heterocycles. The second kappa shape index (κ2) is 4.94.